The van der Waals surface area contributed by atoms with Crippen molar-refractivity contribution in [2.45, 2.75) is 44.9 Å². The molecule has 1 aromatic carbocycles. The van der Waals surface area contributed by atoms with Gasteiger partial charge in [-0.05, 0) is 32.8 Å². The molecule has 2 aliphatic rings. The van der Waals surface area contributed by atoms with Crippen LogP contribution in [0.2, 0.25) is 0 Å². The molecule has 1 aromatic heterocycles. The molecule has 0 radical (unpaired) electrons. The summed E-state index contributed by atoms with van der Waals surface area (Å²) in [6, 6.07) is 8.20. The van der Waals surface area contributed by atoms with Crippen LogP contribution in [0.1, 0.15) is 38.8 Å². The molecule has 4 rings (SSSR count). The fourth-order valence-corrected chi connectivity index (χ4v) is 4.08. The van der Waals surface area contributed by atoms with Gasteiger partial charge in [0.15, 0.2) is 0 Å². The number of aliphatic hydroxyl groups is 1. The fourth-order valence-electron chi connectivity index (χ4n) is 4.08. The summed E-state index contributed by atoms with van der Waals surface area (Å²) in [5, 5.41) is 10.7. The molecule has 26 heavy (non-hydrogen) atoms. The number of ether oxygens (including phenoxy) is 1. The van der Waals surface area contributed by atoms with Gasteiger partial charge < -0.3 is 19.3 Å². The number of aliphatic hydroxyl groups excluding tert-OH is 1. The molecule has 6 nitrogen and oxygen atoms in total. The van der Waals surface area contributed by atoms with Crippen LogP contribution in [0.3, 0.4) is 0 Å². The van der Waals surface area contributed by atoms with Gasteiger partial charge in [0.05, 0.1) is 30.4 Å². The van der Waals surface area contributed by atoms with Crippen molar-refractivity contribution in [2.24, 2.45) is 5.92 Å². The molecule has 138 valence electrons. The van der Waals surface area contributed by atoms with E-state index >= 15 is 0 Å². The summed E-state index contributed by atoms with van der Waals surface area (Å²) >= 11 is 0. The first-order valence-corrected chi connectivity index (χ1v) is 9.12. The quantitative estimate of drug-likeness (QED) is 0.854. The highest BCUT2D eigenvalue weighted by Crippen LogP contribution is 2.45. The number of imidazole rings is 1. The van der Waals surface area contributed by atoms with Crippen molar-refractivity contribution in [1.29, 1.82) is 0 Å². The number of rotatable bonds is 1. The molecule has 0 saturated carbocycles. The molecule has 1 saturated heterocycles. The zero-order chi connectivity index (χ0) is 18.5. The second kappa shape index (κ2) is 6.13. The van der Waals surface area contributed by atoms with Crippen LogP contribution >= 0.6 is 0 Å². The van der Waals surface area contributed by atoms with Gasteiger partial charge in [-0.15, -0.1) is 0 Å². The number of carbonyl (C=O) groups is 1. The zero-order valence-corrected chi connectivity index (χ0v) is 15.4. The van der Waals surface area contributed by atoms with Gasteiger partial charge in [-0.1, -0.05) is 24.3 Å². The van der Waals surface area contributed by atoms with Crippen molar-refractivity contribution >= 4 is 6.09 Å². The second-order valence-corrected chi connectivity index (χ2v) is 8.16. The van der Waals surface area contributed by atoms with Gasteiger partial charge >= 0.3 is 6.09 Å². The average molecular weight is 355 g/mol. The van der Waals surface area contributed by atoms with Gasteiger partial charge in [0.2, 0.25) is 0 Å². The van der Waals surface area contributed by atoms with E-state index in [0.717, 1.165) is 11.3 Å². The minimum atomic E-state index is -0.528. The van der Waals surface area contributed by atoms with E-state index in [0.29, 0.717) is 19.5 Å². The number of amides is 1. The Morgan fingerprint density at radius 2 is 2.08 bits per heavy atom. The van der Waals surface area contributed by atoms with Crippen molar-refractivity contribution in [3.05, 3.63) is 42.4 Å². The predicted molar refractivity (Wildman–Crippen MR) is 97.7 cm³/mol. The third-order valence-corrected chi connectivity index (χ3v) is 5.20. The number of aromatic nitrogens is 2. The Labute approximate surface area is 153 Å². The zero-order valence-electron chi connectivity index (χ0n) is 15.4. The molecule has 1 N–H and O–H groups in total. The maximum atomic E-state index is 12.5. The number of likely N-dealkylation sites (tertiary alicyclic amines) is 1. The van der Waals surface area contributed by atoms with Crippen LogP contribution in [0, 0.1) is 5.92 Å². The van der Waals surface area contributed by atoms with Crippen molar-refractivity contribution in [2.75, 3.05) is 13.1 Å². The van der Waals surface area contributed by atoms with Gasteiger partial charge in [0, 0.05) is 24.6 Å². The fraction of sp³-hybridized carbons (Fsp3) is 0.500. The topological polar surface area (TPSA) is 67.6 Å². The lowest BCUT2D eigenvalue weighted by molar-refractivity contribution is -0.0158. The highest BCUT2D eigenvalue weighted by atomic mass is 16.6. The predicted octanol–water partition coefficient (Wildman–Crippen LogP) is 3.07. The van der Waals surface area contributed by atoms with Gasteiger partial charge in [-0.25, -0.2) is 9.78 Å². The summed E-state index contributed by atoms with van der Waals surface area (Å²) in [7, 11) is 0. The largest absolute Gasteiger partial charge is 0.444 e. The summed E-state index contributed by atoms with van der Waals surface area (Å²) in [4.78, 5) is 18.5. The highest BCUT2D eigenvalue weighted by Gasteiger charge is 2.42. The number of hydrogen-bond acceptors (Lipinski definition) is 4. The summed E-state index contributed by atoms with van der Waals surface area (Å²) in [5.74, 6) is -0.104. The second-order valence-electron chi connectivity index (χ2n) is 8.16. The molecule has 1 fully saturated rings. The molecule has 2 aromatic rings. The van der Waals surface area contributed by atoms with Crippen LogP contribution in [0.25, 0.3) is 11.3 Å². The first-order chi connectivity index (χ1) is 12.3. The van der Waals surface area contributed by atoms with E-state index in [1.54, 1.807) is 4.90 Å². The Hall–Kier alpha value is -2.34. The molecule has 3 atom stereocenters. The summed E-state index contributed by atoms with van der Waals surface area (Å²) in [6.45, 7) is 6.58. The lowest BCUT2D eigenvalue weighted by Gasteiger charge is -2.40. The molecule has 3 heterocycles. The van der Waals surface area contributed by atoms with E-state index < -0.39 is 11.7 Å². The molecule has 1 unspecified atom stereocenters. The molecule has 6 heteroatoms. The number of hydrogen-bond donors (Lipinski definition) is 1. The smallest absolute Gasteiger partial charge is 0.410 e. The van der Waals surface area contributed by atoms with E-state index in [-0.39, 0.29) is 18.1 Å². The van der Waals surface area contributed by atoms with Gasteiger partial charge in [0.1, 0.15) is 5.60 Å². The Kier molecular flexibility index (Phi) is 4.03. The number of carbonyl (C=O) groups excluding carboxylic acids is 1. The van der Waals surface area contributed by atoms with Crippen molar-refractivity contribution < 1.29 is 14.6 Å². The first-order valence-electron chi connectivity index (χ1n) is 9.12. The molecule has 2 aliphatic heterocycles. The molecular formula is C20H25N3O3. The summed E-state index contributed by atoms with van der Waals surface area (Å²) in [6.07, 6.45) is 3.44. The third-order valence-electron chi connectivity index (χ3n) is 5.20. The van der Waals surface area contributed by atoms with Crippen LogP contribution in [-0.2, 0) is 4.74 Å². The van der Waals surface area contributed by atoms with Gasteiger partial charge in [-0.2, -0.15) is 0 Å². The normalized spacial score (nSPS) is 24.9. The lowest BCUT2D eigenvalue weighted by atomic mass is 9.84. The van der Waals surface area contributed by atoms with Crippen LogP contribution in [0.15, 0.2) is 36.8 Å². The monoisotopic (exact) mass is 355 g/mol. The molecule has 0 bridgehead atoms. The maximum absolute atomic E-state index is 12.5. The molecule has 0 spiro atoms. The highest BCUT2D eigenvalue weighted by molar-refractivity contribution is 5.70. The number of piperidine rings is 1. The van der Waals surface area contributed by atoms with E-state index in [4.69, 9.17) is 4.74 Å². The van der Waals surface area contributed by atoms with Gasteiger partial charge in [0.25, 0.3) is 0 Å². The number of fused-ring (bicyclic) bond motifs is 3. The average Bonchev–Trinajstić information content (AvgIpc) is 3.14. The standard InChI is InChI=1S/C20H25N3O3/c1-20(2,3)26-19(25)22-9-8-17(24)15(11-22)18-14-7-5-4-6-13(14)16-10-21-12-23(16)18/h4-7,10,12,15,17-18,24H,8-9,11H2,1-3H3/t15-,17-,18?/m1/s1. The number of nitrogens with zero attached hydrogens (tertiary/aromatic N) is 3. The summed E-state index contributed by atoms with van der Waals surface area (Å²) in [5.41, 5.74) is 2.86. The van der Waals surface area contributed by atoms with E-state index in [1.165, 1.54) is 5.56 Å². The third kappa shape index (κ3) is 2.88. The first kappa shape index (κ1) is 17.1. The minimum absolute atomic E-state index is 0.0241. The summed E-state index contributed by atoms with van der Waals surface area (Å²) < 4.78 is 7.66. The minimum Gasteiger partial charge on any atom is -0.444 e. The van der Waals surface area contributed by atoms with Crippen molar-refractivity contribution in [3.8, 4) is 11.3 Å². The Balaban J connectivity index is 1.64. The molecule has 0 aliphatic carbocycles. The van der Waals surface area contributed by atoms with Crippen molar-refractivity contribution in [3.63, 3.8) is 0 Å². The molecule has 1 amide bonds. The SMILES string of the molecule is CC(C)(C)OC(=O)N1CC[C@@H](O)[C@H](C2c3ccccc3-c3cncn32)C1. The van der Waals surface area contributed by atoms with E-state index in [9.17, 15) is 9.90 Å². The van der Waals surface area contributed by atoms with E-state index in [2.05, 4.69) is 21.7 Å². The maximum Gasteiger partial charge on any atom is 0.410 e. The Bertz CT molecular complexity index is 824. The Morgan fingerprint density at radius 3 is 2.85 bits per heavy atom. The lowest BCUT2D eigenvalue weighted by Crippen LogP contribution is -2.49. The van der Waals surface area contributed by atoms with Crippen LogP contribution in [-0.4, -0.2) is 50.4 Å². The Morgan fingerprint density at radius 1 is 1.31 bits per heavy atom. The molecular weight excluding hydrogens is 330 g/mol. The van der Waals surface area contributed by atoms with Gasteiger partial charge in [-0.3, -0.25) is 0 Å². The van der Waals surface area contributed by atoms with Crippen LogP contribution < -0.4 is 0 Å². The van der Waals surface area contributed by atoms with Crippen LogP contribution in [0.5, 0.6) is 0 Å². The van der Waals surface area contributed by atoms with Crippen LogP contribution in [0.4, 0.5) is 4.79 Å². The van der Waals surface area contributed by atoms with E-state index in [1.807, 2.05) is 45.4 Å². The number of benzene rings is 1. The van der Waals surface area contributed by atoms with Crippen molar-refractivity contribution in [1.82, 2.24) is 14.5 Å².